The molecule has 0 aromatic rings. The molecule has 20 heavy (non-hydrogen) atoms. The van der Waals surface area contributed by atoms with Gasteiger partial charge in [0.15, 0.2) is 5.96 Å². The van der Waals surface area contributed by atoms with E-state index >= 15 is 0 Å². The zero-order chi connectivity index (χ0) is 15.1. The maximum Gasteiger partial charge on any atom is 0.191 e. The van der Waals surface area contributed by atoms with Crippen LogP contribution in [-0.2, 0) is 0 Å². The number of guanidine groups is 1. The van der Waals surface area contributed by atoms with Gasteiger partial charge in [0.25, 0.3) is 0 Å². The first-order valence-corrected chi connectivity index (χ1v) is 8.24. The Labute approximate surface area is 125 Å². The summed E-state index contributed by atoms with van der Waals surface area (Å²) in [5, 5.41) is 6.90. The molecule has 0 aliphatic heterocycles. The third-order valence-electron chi connectivity index (χ3n) is 4.47. The van der Waals surface area contributed by atoms with E-state index in [0.717, 1.165) is 30.9 Å². The largest absolute Gasteiger partial charge is 0.357 e. The van der Waals surface area contributed by atoms with Gasteiger partial charge in [-0.3, -0.25) is 4.99 Å². The Morgan fingerprint density at radius 3 is 2.25 bits per heavy atom. The maximum absolute atomic E-state index is 4.82. The summed E-state index contributed by atoms with van der Waals surface area (Å²) < 4.78 is 0. The number of nitrogens with one attached hydrogen (secondary N) is 2. The van der Waals surface area contributed by atoms with Crippen LogP contribution in [-0.4, -0.2) is 50.1 Å². The monoisotopic (exact) mass is 282 g/mol. The Bertz CT molecular complexity index is 297. The van der Waals surface area contributed by atoms with Crippen LogP contribution in [0.3, 0.4) is 0 Å². The van der Waals surface area contributed by atoms with Gasteiger partial charge < -0.3 is 15.5 Å². The second kappa shape index (κ2) is 8.50. The first-order chi connectivity index (χ1) is 9.53. The van der Waals surface area contributed by atoms with E-state index in [2.05, 4.69) is 57.3 Å². The molecular formula is C16H34N4. The van der Waals surface area contributed by atoms with Gasteiger partial charge in [-0.25, -0.2) is 0 Å². The smallest absolute Gasteiger partial charge is 0.191 e. The highest BCUT2D eigenvalue weighted by Crippen LogP contribution is 2.28. The molecule has 1 aliphatic rings. The van der Waals surface area contributed by atoms with Gasteiger partial charge in [0, 0.05) is 18.6 Å². The van der Waals surface area contributed by atoms with Crippen LogP contribution in [0, 0.1) is 11.8 Å². The van der Waals surface area contributed by atoms with E-state index in [1.54, 1.807) is 0 Å². The van der Waals surface area contributed by atoms with Crippen molar-refractivity contribution in [2.45, 2.75) is 59.0 Å². The molecule has 0 bridgehead atoms. The van der Waals surface area contributed by atoms with Gasteiger partial charge in [-0.15, -0.1) is 0 Å². The molecule has 118 valence electrons. The first-order valence-electron chi connectivity index (χ1n) is 8.24. The summed E-state index contributed by atoms with van der Waals surface area (Å²) in [6.45, 7) is 10.8. The normalized spacial score (nSPS) is 24.1. The molecule has 0 saturated heterocycles. The van der Waals surface area contributed by atoms with Gasteiger partial charge in [-0.05, 0) is 39.3 Å². The Morgan fingerprint density at radius 2 is 1.85 bits per heavy atom. The van der Waals surface area contributed by atoms with Crippen molar-refractivity contribution in [3.63, 3.8) is 0 Å². The van der Waals surface area contributed by atoms with Crippen molar-refractivity contribution in [2.75, 3.05) is 27.2 Å². The molecule has 1 fully saturated rings. The van der Waals surface area contributed by atoms with Crippen molar-refractivity contribution in [3.8, 4) is 0 Å². The SMILES string of the molecule is CCNC(=NCC(C(CC)CC)N(C)C)NC1CC1C. The molecule has 0 aromatic carbocycles. The van der Waals surface area contributed by atoms with E-state index in [1.165, 1.54) is 19.3 Å². The van der Waals surface area contributed by atoms with Gasteiger partial charge in [-0.2, -0.15) is 0 Å². The highest BCUT2D eigenvalue weighted by Gasteiger charge is 2.33. The fourth-order valence-corrected chi connectivity index (χ4v) is 2.77. The summed E-state index contributed by atoms with van der Waals surface area (Å²) >= 11 is 0. The molecule has 1 saturated carbocycles. The lowest BCUT2D eigenvalue weighted by Gasteiger charge is -2.30. The Hall–Kier alpha value is -0.770. The minimum Gasteiger partial charge on any atom is -0.357 e. The van der Waals surface area contributed by atoms with E-state index in [0.29, 0.717) is 12.1 Å². The first kappa shape index (κ1) is 17.3. The standard InChI is InChI=1S/C16H34N4/c1-7-13(8-2)15(20(5)6)11-18-16(17-9-3)19-14-10-12(14)4/h12-15H,7-11H2,1-6H3,(H2,17,18,19). The molecule has 1 rings (SSSR count). The topological polar surface area (TPSA) is 39.7 Å². The maximum atomic E-state index is 4.82. The molecule has 0 heterocycles. The molecular weight excluding hydrogens is 248 g/mol. The van der Waals surface area contributed by atoms with Crippen molar-refractivity contribution >= 4 is 5.96 Å². The van der Waals surface area contributed by atoms with Crippen LogP contribution in [0.2, 0.25) is 0 Å². The highest BCUT2D eigenvalue weighted by atomic mass is 15.2. The number of hydrogen-bond acceptors (Lipinski definition) is 2. The van der Waals surface area contributed by atoms with Crippen LogP contribution in [0.15, 0.2) is 4.99 Å². The van der Waals surface area contributed by atoms with Crippen molar-refractivity contribution < 1.29 is 0 Å². The van der Waals surface area contributed by atoms with Gasteiger partial charge in [-0.1, -0.05) is 33.6 Å². The molecule has 0 aromatic heterocycles. The average molecular weight is 282 g/mol. The molecule has 4 heteroatoms. The minimum atomic E-state index is 0.525. The molecule has 0 spiro atoms. The third kappa shape index (κ3) is 5.31. The highest BCUT2D eigenvalue weighted by molar-refractivity contribution is 5.80. The third-order valence-corrected chi connectivity index (χ3v) is 4.47. The fraction of sp³-hybridized carbons (Fsp3) is 0.938. The van der Waals surface area contributed by atoms with Crippen molar-refractivity contribution in [3.05, 3.63) is 0 Å². The second-order valence-corrected chi connectivity index (χ2v) is 6.29. The van der Waals surface area contributed by atoms with Gasteiger partial charge in [0.05, 0.1) is 6.54 Å². The van der Waals surface area contributed by atoms with Crippen molar-refractivity contribution in [1.29, 1.82) is 0 Å². The number of nitrogens with zero attached hydrogens (tertiary/aromatic N) is 2. The lowest BCUT2D eigenvalue weighted by atomic mass is 9.93. The quantitative estimate of drug-likeness (QED) is 0.530. The van der Waals surface area contributed by atoms with Gasteiger partial charge >= 0.3 is 0 Å². The zero-order valence-electron chi connectivity index (χ0n) is 14.2. The van der Waals surface area contributed by atoms with Crippen LogP contribution in [0.4, 0.5) is 0 Å². The Morgan fingerprint density at radius 1 is 1.25 bits per heavy atom. The van der Waals surface area contributed by atoms with Crippen LogP contribution in [0.25, 0.3) is 0 Å². The number of hydrogen-bond donors (Lipinski definition) is 2. The van der Waals surface area contributed by atoms with E-state index in [9.17, 15) is 0 Å². The van der Waals surface area contributed by atoms with E-state index in [4.69, 9.17) is 4.99 Å². The fourth-order valence-electron chi connectivity index (χ4n) is 2.77. The molecule has 4 nitrogen and oxygen atoms in total. The summed E-state index contributed by atoms with van der Waals surface area (Å²) in [6.07, 6.45) is 3.71. The molecule has 0 amide bonds. The molecule has 3 unspecified atom stereocenters. The predicted octanol–water partition coefficient (Wildman–Crippen LogP) is 2.32. The lowest BCUT2D eigenvalue weighted by molar-refractivity contribution is 0.206. The average Bonchev–Trinajstić information content (AvgIpc) is 3.09. The van der Waals surface area contributed by atoms with Gasteiger partial charge in [0.1, 0.15) is 0 Å². The second-order valence-electron chi connectivity index (χ2n) is 6.29. The van der Waals surface area contributed by atoms with E-state index in [-0.39, 0.29) is 0 Å². The number of likely N-dealkylation sites (N-methyl/N-ethyl adjacent to an activating group) is 1. The summed E-state index contributed by atoms with van der Waals surface area (Å²) in [6, 6.07) is 1.15. The summed E-state index contributed by atoms with van der Waals surface area (Å²) in [4.78, 5) is 7.14. The lowest BCUT2D eigenvalue weighted by Crippen LogP contribution is -2.42. The predicted molar refractivity (Wildman–Crippen MR) is 88.2 cm³/mol. The summed E-state index contributed by atoms with van der Waals surface area (Å²) in [5.41, 5.74) is 0. The van der Waals surface area contributed by atoms with E-state index < -0.39 is 0 Å². The van der Waals surface area contributed by atoms with Crippen LogP contribution >= 0.6 is 0 Å². The van der Waals surface area contributed by atoms with Crippen molar-refractivity contribution in [2.24, 2.45) is 16.8 Å². The molecule has 3 atom stereocenters. The van der Waals surface area contributed by atoms with Crippen LogP contribution < -0.4 is 10.6 Å². The van der Waals surface area contributed by atoms with Crippen LogP contribution in [0.1, 0.15) is 47.0 Å². The molecule has 0 radical (unpaired) electrons. The molecule has 2 N–H and O–H groups in total. The Kier molecular flexibility index (Phi) is 7.35. The number of aliphatic imine (C=N–C) groups is 1. The summed E-state index contributed by atoms with van der Waals surface area (Å²) in [5.74, 6) is 2.50. The van der Waals surface area contributed by atoms with Gasteiger partial charge in [0.2, 0.25) is 0 Å². The Balaban J connectivity index is 2.61. The molecule has 1 aliphatic carbocycles. The van der Waals surface area contributed by atoms with Crippen LogP contribution in [0.5, 0.6) is 0 Å². The minimum absolute atomic E-state index is 0.525. The van der Waals surface area contributed by atoms with E-state index in [1.807, 2.05) is 0 Å². The summed E-state index contributed by atoms with van der Waals surface area (Å²) in [7, 11) is 4.34. The van der Waals surface area contributed by atoms with Crippen molar-refractivity contribution in [1.82, 2.24) is 15.5 Å². The zero-order valence-corrected chi connectivity index (χ0v) is 14.2. The number of rotatable bonds is 8.